The number of nitrogens with one attached hydrogen (secondary N) is 1. The van der Waals surface area contributed by atoms with Crippen LogP contribution in [0.15, 0.2) is 59.7 Å². The zero-order valence-corrected chi connectivity index (χ0v) is 21.4. The number of nitrogens with zero attached hydrogens (tertiary/aromatic N) is 3. The molecule has 1 heterocycles. The number of aryl methyl sites for hydroxylation is 1. The highest BCUT2D eigenvalue weighted by Crippen LogP contribution is 2.21. The fourth-order valence-electron chi connectivity index (χ4n) is 3.25. The van der Waals surface area contributed by atoms with Crippen molar-refractivity contribution in [2.45, 2.75) is 13.8 Å². The maximum Gasteiger partial charge on any atom is 0.260 e. The molecule has 3 rings (SSSR count). The van der Waals surface area contributed by atoms with Crippen LogP contribution < -0.4 is 9.73 Å². The largest absolute Gasteiger partial charge is 0.318 e. The highest BCUT2D eigenvalue weighted by molar-refractivity contribution is 14.1. The van der Waals surface area contributed by atoms with Gasteiger partial charge in [-0.3, -0.25) is 9.10 Å². The van der Waals surface area contributed by atoms with Crippen LogP contribution in [0.2, 0.25) is 5.02 Å². The fourth-order valence-corrected chi connectivity index (χ4v) is 4.59. The summed E-state index contributed by atoms with van der Waals surface area (Å²) in [6.45, 7) is 3.55. The van der Waals surface area contributed by atoms with E-state index in [0.29, 0.717) is 10.7 Å². The lowest BCUT2D eigenvalue weighted by Crippen LogP contribution is -2.39. The van der Waals surface area contributed by atoms with Gasteiger partial charge in [-0.05, 0) is 91.0 Å². The molecule has 0 saturated carbocycles. The molecule has 0 aliphatic carbocycles. The molecule has 0 unspecified atom stereocenters. The van der Waals surface area contributed by atoms with Gasteiger partial charge in [-0.25, -0.2) is 13.8 Å². The molecule has 10 heteroatoms. The average molecular weight is 585 g/mol. The number of hydrogen-bond donors (Lipinski definition) is 1. The number of carbonyl (C=O) groups excluding carboxylic acids is 1. The normalized spacial score (nSPS) is 11.7. The minimum Gasteiger partial charge on any atom is -0.318 e. The van der Waals surface area contributed by atoms with Crippen LogP contribution in [0.4, 0.5) is 5.69 Å². The van der Waals surface area contributed by atoms with E-state index in [4.69, 9.17) is 11.6 Å². The van der Waals surface area contributed by atoms with Gasteiger partial charge in [-0.15, -0.1) is 0 Å². The second-order valence-electron chi connectivity index (χ2n) is 7.18. The number of rotatable bonds is 7. The molecule has 168 valence electrons. The molecule has 0 bridgehead atoms. The summed E-state index contributed by atoms with van der Waals surface area (Å²) < 4.78 is 28.4. The predicted molar refractivity (Wildman–Crippen MR) is 137 cm³/mol. The predicted octanol–water partition coefficient (Wildman–Crippen LogP) is 4.27. The summed E-state index contributed by atoms with van der Waals surface area (Å²) in [5.41, 5.74) is 6.57. The third-order valence-electron chi connectivity index (χ3n) is 4.75. The monoisotopic (exact) mass is 584 g/mol. The number of aromatic nitrogens is 1. The minimum absolute atomic E-state index is 0.374. The van der Waals surface area contributed by atoms with Gasteiger partial charge in [0.2, 0.25) is 10.0 Å². The van der Waals surface area contributed by atoms with E-state index < -0.39 is 15.9 Å². The molecule has 0 atom stereocenters. The van der Waals surface area contributed by atoms with Crippen molar-refractivity contribution in [2.75, 3.05) is 17.1 Å². The average Bonchev–Trinajstić information content (AvgIpc) is 3.00. The molecule has 1 N–H and O–H groups in total. The van der Waals surface area contributed by atoms with E-state index >= 15 is 0 Å². The van der Waals surface area contributed by atoms with E-state index in [2.05, 4.69) is 37.7 Å². The first-order valence-electron chi connectivity index (χ1n) is 9.56. The molecular weight excluding hydrogens is 563 g/mol. The van der Waals surface area contributed by atoms with Gasteiger partial charge in [0.25, 0.3) is 5.91 Å². The van der Waals surface area contributed by atoms with Crippen LogP contribution in [0.1, 0.15) is 17.0 Å². The molecule has 3 aromatic rings. The van der Waals surface area contributed by atoms with Crippen molar-refractivity contribution >= 4 is 62.0 Å². The number of amides is 1. The molecule has 0 saturated heterocycles. The smallest absolute Gasteiger partial charge is 0.260 e. The summed E-state index contributed by atoms with van der Waals surface area (Å²) in [7, 11) is -3.64. The molecular formula is C22H22ClIN4O3S. The molecule has 2 aromatic carbocycles. The Morgan fingerprint density at radius 1 is 1.16 bits per heavy atom. The molecule has 0 aliphatic heterocycles. The quantitative estimate of drug-likeness (QED) is 0.256. The summed E-state index contributed by atoms with van der Waals surface area (Å²) in [5.74, 6) is -0.545. The van der Waals surface area contributed by atoms with E-state index in [1.807, 2.05) is 44.2 Å². The van der Waals surface area contributed by atoms with Crippen molar-refractivity contribution < 1.29 is 13.2 Å². The van der Waals surface area contributed by atoms with Gasteiger partial charge in [0.15, 0.2) is 0 Å². The number of benzene rings is 2. The van der Waals surface area contributed by atoms with Crippen LogP contribution >= 0.6 is 34.2 Å². The Hall–Kier alpha value is -2.37. The summed E-state index contributed by atoms with van der Waals surface area (Å²) >= 11 is 8.11. The molecule has 1 aromatic heterocycles. The number of hydrogen-bond acceptors (Lipinski definition) is 4. The topological polar surface area (TPSA) is 83.8 Å². The zero-order chi connectivity index (χ0) is 23.5. The highest BCUT2D eigenvalue weighted by atomic mass is 127. The second-order valence-corrected chi connectivity index (χ2v) is 10.8. The molecule has 7 nitrogen and oxygen atoms in total. The molecule has 0 spiro atoms. The number of anilines is 1. The second kappa shape index (κ2) is 10.1. The van der Waals surface area contributed by atoms with Gasteiger partial charge in [-0.1, -0.05) is 11.6 Å². The van der Waals surface area contributed by atoms with Crippen molar-refractivity contribution in [1.82, 2.24) is 9.99 Å². The summed E-state index contributed by atoms with van der Waals surface area (Å²) in [6.07, 6.45) is 2.61. The zero-order valence-electron chi connectivity index (χ0n) is 17.7. The Morgan fingerprint density at radius 2 is 1.78 bits per heavy atom. The maximum absolute atomic E-state index is 12.4. The lowest BCUT2D eigenvalue weighted by atomic mass is 10.2. The van der Waals surface area contributed by atoms with Crippen molar-refractivity contribution in [1.29, 1.82) is 0 Å². The van der Waals surface area contributed by atoms with E-state index in [0.717, 1.165) is 36.8 Å². The van der Waals surface area contributed by atoms with E-state index in [1.165, 1.54) is 0 Å². The number of carbonyl (C=O) groups is 1. The Kier molecular flexibility index (Phi) is 7.63. The van der Waals surface area contributed by atoms with Gasteiger partial charge >= 0.3 is 0 Å². The van der Waals surface area contributed by atoms with Crippen LogP contribution in [0.3, 0.4) is 0 Å². The first-order valence-corrected chi connectivity index (χ1v) is 12.9. The SMILES string of the molecule is Cc1cc(/C=N\NC(=O)CN(c2ccc(I)cc2)S(C)(=O)=O)c(C)n1-c1ccc(Cl)cc1. The van der Waals surface area contributed by atoms with Gasteiger partial charge in [-0.2, -0.15) is 5.10 Å². The molecule has 0 aliphatic rings. The van der Waals surface area contributed by atoms with Gasteiger partial charge in [0.05, 0.1) is 18.2 Å². The number of hydrazone groups is 1. The van der Waals surface area contributed by atoms with Crippen molar-refractivity contribution in [3.63, 3.8) is 0 Å². The summed E-state index contributed by atoms with van der Waals surface area (Å²) in [4.78, 5) is 12.4. The van der Waals surface area contributed by atoms with Gasteiger partial charge in [0.1, 0.15) is 6.54 Å². The third-order valence-corrected chi connectivity index (χ3v) is 6.86. The Labute approximate surface area is 206 Å². The third kappa shape index (κ3) is 5.90. The van der Waals surface area contributed by atoms with Crippen LogP contribution in [0, 0.1) is 17.4 Å². The highest BCUT2D eigenvalue weighted by Gasteiger charge is 2.20. The molecule has 0 fully saturated rings. The van der Waals surface area contributed by atoms with Crippen molar-refractivity contribution in [3.05, 3.63) is 80.1 Å². The molecule has 32 heavy (non-hydrogen) atoms. The van der Waals surface area contributed by atoms with E-state index in [-0.39, 0.29) is 6.54 Å². The Balaban J connectivity index is 1.73. The minimum atomic E-state index is -3.64. The van der Waals surface area contributed by atoms with Crippen LogP contribution in [0.25, 0.3) is 5.69 Å². The van der Waals surface area contributed by atoms with Crippen molar-refractivity contribution in [2.24, 2.45) is 5.10 Å². The lowest BCUT2D eigenvalue weighted by molar-refractivity contribution is -0.119. The standard InChI is InChI=1S/C22H22ClIN4O3S/c1-15-12-17(16(2)28(15)21-8-4-18(23)5-9-21)13-25-26-22(29)14-27(32(3,30)31)20-10-6-19(24)7-11-20/h4-13H,14H2,1-3H3,(H,26,29)/b25-13-. The Bertz CT molecular complexity index is 1250. The van der Waals surface area contributed by atoms with E-state index in [9.17, 15) is 13.2 Å². The summed E-state index contributed by atoms with van der Waals surface area (Å²) in [6, 6.07) is 16.3. The fraction of sp³-hybridized carbons (Fsp3) is 0.182. The van der Waals surface area contributed by atoms with Gasteiger partial charge in [0, 0.05) is 31.2 Å². The maximum atomic E-state index is 12.4. The number of halogens is 2. The summed E-state index contributed by atoms with van der Waals surface area (Å²) in [5, 5.41) is 4.69. The first kappa shape index (κ1) is 24.3. The van der Waals surface area contributed by atoms with Crippen molar-refractivity contribution in [3.8, 4) is 5.69 Å². The van der Waals surface area contributed by atoms with E-state index in [1.54, 1.807) is 30.5 Å². The lowest BCUT2D eigenvalue weighted by Gasteiger charge is -2.21. The number of sulfonamides is 1. The van der Waals surface area contributed by atoms with Crippen LogP contribution in [-0.4, -0.2) is 37.9 Å². The van der Waals surface area contributed by atoms with Gasteiger partial charge < -0.3 is 4.57 Å². The Morgan fingerprint density at radius 3 is 2.38 bits per heavy atom. The molecule has 0 radical (unpaired) electrons. The molecule has 1 amide bonds. The van der Waals surface area contributed by atoms with Crippen LogP contribution in [-0.2, 0) is 14.8 Å². The first-order chi connectivity index (χ1) is 15.1. The van der Waals surface area contributed by atoms with Crippen LogP contribution in [0.5, 0.6) is 0 Å².